The van der Waals surface area contributed by atoms with Crippen molar-refractivity contribution in [3.8, 4) is 0 Å². The van der Waals surface area contributed by atoms with Crippen LogP contribution in [-0.4, -0.2) is 29.2 Å². The third kappa shape index (κ3) is 1.84. The highest BCUT2D eigenvalue weighted by atomic mass is 15.1. The Morgan fingerprint density at radius 3 is 2.70 bits per heavy atom. The Kier molecular flexibility index (Phi) is 2.06. The smallest absolute Gasteiger partial charge is 0.0764 e. The highest BCUT2D eigenvalue weighted by molar-refractivity contribution is 5.05. The first kappa shape index (κ1) is 7.28. The molecule has 0 aliphatic carbocycles. The van der Waals surface area contributed by atoms with Gasteiger partial charge in [-0.15, -0.1) is 0 Å². The molecule has 0 aromatic carbocycles. The average molecular weight is 139 g/mol. The summed E-state index contributed by atoms with van der Waals surface area (Å²) in [4.78, 5) is 2.09. The molecule has 0 radical (unpaired) electrons. The number of aromatic amines is 1. The summed E-state index contributed by atoms with van der Waals surface area (Å²) in [5.74, 6) is 0. The molecule has 0 amide bonds. The third-order valence-electron chi connectivity index (χ3n) is 1.24. The maximum atomic E-state index is 4.09. The van der Waals surface area contributed by atoms with Gasteiger partial charge in [-0.2, -0.15) is 5.10 Å². The maximum Gasteiger partial charge on any atom is 0.0764 e. The van der Waals surface area contributed by atoms with Crippen molar-refractivity contribution in [3.05, 3.63) is 17.5 Å². The van der Waals surface area contributed by atoms with E-state index in [0.29, 0.717) is 0 Å². The molecule has 0 saturated heterocycles. The van der Waals surface area contributed by atoms with Crippen molar-refractivity contribution >= 4 is 0 Å². The Bertz CT molecular complexity index is 202. The van der Waals surface area contributed by atoms with Crippen molar-refractivity contribution in [2.75, 3.05) is 14.1 Å². The number of nitrogens with zero attached hydrogens (tertiary/aromatic N) is 2. The molecule has 1 heterocycles. The SMILES string of the molecule is Cc1cc(CN(C)C)n[nH]1. The lowest BCUT2D eigenvalue weighted by Gasteiger charge is -2.04. The fraction of sp³-hybridized carbons (Fsp3) is 0.571. The number of H-pyrrole nitrogens is 1. The van der Waals surface area contributed by atoms with Gasteiger partial charge < -0.3 is 4.90 Å². The number of aromatic nitrogens is 2. The first-order valence-corrected chi connectivity index (χ1v) is 3.34. The lowest BCUT2D eigenvalue weighted by molar-refractivity contribution is 0.396. The molecule has 0 bridgehead atoms. The molecular formula is C7H13N3. The molecule has 1 rings (SSSR count). The molecule has 0 aliphatic rings. The van der Waals surface area contributed by atoms with Crippen LogP contribution in [0.25, 0.3) is 0 Å². The van der Waals surface area contributed by atoms with Crippen LogP contribution in [-0.2, 0) is 6.54 Å². The number of nitrogens with one attached hydrogen (secondary N) is 1. The maximum absolute atomic E-state index is 4.09. The van der Waals surface area contributed by atoms with E-state index in [0.717, 1.165) is 17.9 Å². The Labute approximate surface area is 61.0 Å². The summed E-state index contributed by atoms with van der Waals surface area (Å²) >= 11 is 0. The van der Waals surface area contributed by atoms with Crippen molar-refractivity contribution in [2.45, 2.75) is 13.5 Å². The zero-order valence-electron chi connectivity index (χ0n) is 6.68. The van der Waals surface area contributed by atoms with E-state index in [1.165, 1.54) is 0 Å². The lowest BCUT2D eigenvalue weighted by atomic mass is 10.3. The molecule has 1 N–H and O–H groups in total. The predicted octanol–water partition coefficient (Wildman–Crippen LogP) is 0.780. The summed E-state index contributed by atoms with van der Waals surface area (Å²) in [6, 6.07) is 2.06. The predicted molar refractivity (Wildman–Crippen MR) is 40.7 cm³/mol. The van der Waals surface area contributed by atoms with E-state index >= 15 is 0 Å². The van der Waals surface area contributed by atoms with Gasteiger partial charge in [-0.25, -0.2) is 0 Å². The zero-order chi connectivity index (χ0) is 7.56. The van der Waals surface area contributed by atoms with Crippen LogP contribution in [0.2, 0.25) is 0 Å². The van der Waals surface area contributed by atoms with Gasteiger partial charge >= 0.3 is 0 Å². The Morgan fingerprint density at radius 2 is 2.30 bits per heavy atom. The highest BCUT2D eigenvalue weighted by Crippen LogP contribution is 1.98. The molecule has 3 heteroatoms. The van der Waals surface area contributed by atoms with Gasteiger partial charge in [-0.1, -0.05) is 0 Å². The summed E-state index contributed by atoms with van der Waals surface area (Å²) in [5.41, 5.74) is 2.22. The van der Waals surface area contributed by atoms with Crippen molar-refractivity contribution in [1.82, 2.24) is 15.1 Å². The minimum Gasteiger partial charge on any atom is -0.304 e. The second kappa shape index (κ2) is 2.84. The van der Waals surface area contributed by atoms with Gasteiger partial charge in [0.05, 0.1) is 5.69 Å². The fourth-order valence-electron chi connectivity index (χ4n) is 0.879. The largest absolute Gasteiger partial charge is 0.304 e. The van der Waals surface area contributed by atoms with E-state index < -0.39 is 0 Å². The van der Waals surface area contributed by atoms with Crippen LogP contribution in [0.3, 0.4) is 0 Å². The first-order chi connectivity index (χ1) is 4.68. The normalized spacial score (nSPS) is 10.8. The van der Waals surface area contributed by atoms with E-state index in [1.54, 1.807) is 0 Å². The summed E-state index contributed by atoms with van der Waals surface area (Å²) in [7, 11) is 4.06. The molecule has 0 atom stereocenters. The number of aryl methyl sites for hydroxylation is 1. The summed E-state index contributed by atoms with van der Waals surface area (Å²) in [6.07, 6.45) is 0. The second-order valence-corrected chi connectivity index (χ2v) is 2.78. The second-order valence-electron chi connectivity index (χ2n) is 2.78. The van der Waals surface area contributed by atoms with Gasteiger partial charge in [0.2, 0.25) is 0 Å². The summed E-state index contributed by atoms with van der Waals surface area (Å²) in [6.45, 7) is 2.91. The quantitative estimate of drug-likeness (QED) is 0.656. The summed E-state index contributed by atoms with van der Waals surface area (Å²) in [5, 5.41) is 6.99. The molecule has 1 aromatic rings. The van der Waals surface area contributed by atoms with Crippen LogP contribution in [0, 0.1) is 6.92 Å². The molecule has 56 valence electrons. The van der Waals surface area contributed by atoms with Crippen molar-refractivity contribution < 1.29 is 0 Å². The van der Waals surface area contributed by atoms with E-state index in [4.69, 9.17) is 0 Å². The van der Waals surface area contributed by atoms with Crippen LogP contribution in [0.15, 0.2) is 6.07 Å². The van der Waals surface area contributed by atoms with Crippen LogP contribution < -0.4 is 0 Å². The molecule has 0 aliphatic heterocycles. The zero-order valence-corrected chi connectivity index (χ0v) is 6.68. The van der Waals surface area contributed by atoms with E-state index in [1.807, 2.05) is 21.0 Å². The topological polar surface area (TPSA) is 31.9 Å². The number of hydrogen-bond acceptors (Lipinski definition) is 2. The standard InChI is InChI=1S/C7H13N3/c1-6-4-7(9-8-6)5-10(2)3/h4H,5H2,1-3H3,(H,8,9). The molecule has 0 unspecified atom stereocenters. The van der Waals surface area contributed by atoms with Gasteiger partial charge in [-0.3, -0.25) is 5.10 Å². The van der Waals surface area contributed by atoms with Gasteiger partial charge in [0, 0.05) is 12.2 Å². The highest BCUT2D eigenvalue weighted by Gasteiger charge is 1.97. The Morgan fingerprint density at radius 1 is 1.60 bits per heavy atom. The lowest BCUT2D eigenvalue weighted by Crippen LogP contribution is -2.10. The minimum atomic E-state index is 0.907. The molecule has 0 spiro atoms. The van der Waals surface area contributed by atoms with Crippen molar-refractivity contribution in [2.24, 2.45) is 0 Å². The number of hydrogen-bond donors (Lipinski definition) is 1. The molecule has 0 saturated carbocycles. The van der Waals surface area contributed by atoms with Crippen molar-refractivity contribution in [3.63, 3.8) is 0 Å². The van der Waals surface area contributed by atoms with Gasteiger partial charge in [0.1, 0.15) is 0 Å². The van der Waals surface area contributed by atoms with Crippen molar-refractivity contribution in [1.29, 1.82) is 0 Å². The summed E-state index contributed by atoms with van der Waals surface area (Å²) < 4.78 is 0. The monoisotopic (exact) mass is 139 g/mol. The van der Waals surface area contributed by atoms with E-state index in [2.05, 4.69) is 21.2 Å². The first-order valence-electron chi connectivity index (χ1n) is 3.34. The van der Waals surface area contributed by atoms with Gasteiger partial charge in [0.25, 0.3) is 0 Å². The van der Waals surface area contributed by atoms with Gasteiger partial charge in [0.15, 0.2) is 0 Å². The molecule has 10 heavy (non-hydrogen) atoms. The Hall–Kier alpha value is -0.830. The van der Waals surface area contributed by atoms with E-state index in [-0.39, 0.29) is 0 Å². The minimum absolute atomic E-state index is 0.907. The van der Waals surface area contributed by atoms with Crippen LogP contribution in [0.4, 0.5) is 0 Å². The van der Waals surface area contributed by atoms with Gasteiger partial charge in [-0.05, 0) is 27.1 Å². The van der Waals surface area contributed by atoms with Crippen LogP contribution in [0.1, 0.15) is 11.4 Å². The third-order valence-corrected chi connectivity index (χ3v) is 1.24. The molecule has 1 aromatic heterocycles. The van der Waals surface area contributed by atoms with Crippen LogP contribution in [0.5, 0.6) is 0 Å². The van der Waals surface area contributed by atoms with E-state index in [9.17, 15) is 0 Å². The average Bonchev–Trinajstić information content (AvgIpc) is 2.13. The number of rotatable bonds is 2. The Balaban J connectivity index is 2.58. The fourth-order valence-corrected chi connectivity index (χ4v) is 0.879. The molecular weight excluding hydrogens is 126 g/mol. The molecule has 3 nitrogen and oxygen atoms in total. The van der Waals surface area contributed by atoms with Crippen LogP contribution >= 0.6 is 0 Å². The molecule has 0 fully saturated rings.